The molecule has 128 valence electrons. The van der Waals surface area contributed by atoms with Gasteiger partial charge in [-0.2, -0.15) is 13.2 Å². The average molecular weight is 349 g/mol. The summed E-state index contributed by atoms with van der Waals surface area (Å²) in [5, 5.41) is 5.17. The minimum Gasteiger partial charge on any atom is -0.373 e. The van der Waals surface area contributed by atoms with Crippen LogP contribution in [0.3, 0.4) is 0 Å². The summed E-state index contributed by atoms with van der Waals surface area (Å²) in [5.41, 5.74) is -0.204. The number of anilines is 1. The lowest BCUT2D eigenvalue weighted by atomic mass is 10.1. The number of nitrogens with one attached hydrogen (secondary N) is 2. The predicted molar refractivity (Wildman–Crippen MR) is 86.5 cm³/mol. The summed E-state index contributed by atoms with van der Waals surface area (Å²) in [6.45, 7) is 7.55. The van der Waals surface area contributed by atoms with Crippen molar-refractivity contribution in [1.29, 1.82) is 0 Å². The van der Waals surface area contributed by atoms with Crippen LogP contribution in [0.5, 0.6) is 0 Å². The Morgan fingerprint density at radius 3 is 2.61 bits per heavy atom. The minimum atomic E-state index is -4.52. The largest absolute Gasteiger partial charge is 0.417 e. The highest BCUT2D eigenvalue weighted by molar-refractivity contribution is 6.32. The number of halogens is 4. The second-order valence-electron chi connectivity index (χ2n) is 4.73. The number of carbonyl (C=O) groups excluding carboxylic acids is 1. The number of amides is 1. The first-order chi connectivity index (χ1) is 10.8. The molecule has 1 atom stereocenters. The van der Waals surface area contributed by atoms with E-state index in [1.165, 1.54) is 6.07 Å². The van der Waals surface area contributed by atoms with E-state index in [0.29, 0.717) is 18.5 Å². The molecule has 0 aromatic heterocycles. The van der Waals surface area contributed by atoms with Gasteiger partial charge in [0.15, 0.2) is 0 Å². The maximum absolute atomic E-state index is 12.8. The van der Waals surface area contributed by atoms with Gasteiger partial charge in [0.2, 0.25) is 5.91 Å². The second kappa shape index (κ2) is 8.24. The quantitative estimate of drug-likeness (QED) is 0.773. The fourth-order valence-electron chi connectivity index (χ4n) is 2.19. The number of carbonyl (C=O) groups is 1. The van der Waals surface area contributed by atoms with Gasteiger partial charge in [0.05, 0.1) is 10.6 Å². The van der Waals surface area contributed by atoms with E-state index in [9.17, 15) is 18.0 Å². The van der Waals surface area contributed by atoms with Gasteiger partial charge >= 0.3 is 6.18 Å². The maximum Gasteiger partial charge on any atom is 0.417 e. The van der Waals surface area contributed by atoms with Crippen LogP contribution >= 0.6 is 11.6 Å². The number of hydrogen-bond acceptors (Lipinski definition) is 2. The first kappa shape index (κ1) is 19.4. The lowest BCUT2D eigenvalue weighted by molar-refractivity contribution is -0.137. The van der Waals surface area contributed by atoms with E-state index in [2.05, 4.69) is 17.2 Å². The zero-order valence-electron chi connectivity index (χ0n) is 13.1. The van der Waals surface area contributed by atoms with Crippen LogP contribution in [0.4, 0.5) is 18.9 Å². The Labute approximate surface area is 138 Å². The molecule has 1 unspecified atom stereocenters. The zero-order valence-corrected chi connectivity index (χ0v) is 13.8. The van der Waals surface area contributed by atoms with Crippen molar-refractivity contribution in [3.63, 3.8) is 0 Å². The molecule has 1 aromatic rings. The highest BCUT2D eigenvalue weighted by Gasteiger charge is 2.35. The lowest BCUT2D eigenvalue weighted by Crippen LogP contribution is -2.36. The number of alkyl halides is 3. The van der Waals surface area contributed by atoms with E-state index >= 15 is 0 Å². The fraction of sp³-hybridized carbons (Fsp3) is 0.438. The normalized spacial score (nSPS) is 17.0. The van der Waals surface area contributed by atoms with Crippen molar-refractivity contribution in [1.82, 2.24) is 5.32 Å². The van der Waals surface area contributed by atoms with Gasteiger partial charge in [-0.3, -0.25) is 4.79 Å². The lowest BCUT2D eigenvalue weighted by Gasteiger charge is -2.17. The molecule has 0 fully saturated rings. The molecule has 1 heterocycles. The van der Waals surface area contributed by atoms with Crippen LogP contribution in [-0.4, -0.2) is 11.9 Å². The molecule has 1 aromatic carbocycles. The molecule has 0 spiro atoms. The Hall–Kier alpha value is -1.69. The number of allylic oxidation sites excluding steroid dienone is 1. The van der Waals surface area contributed by atoms with E-state index in [0.717, 1.165) is 6.07 Å². The molecule has 3 nitrogen and oxygen atoms in total. The van der Waals surface area contributed by atoms with Gasteiger partial charge in [-0.05, 0) is 25.0 Å². The van der Waals surface area contributed by atoms with Gasteiger partial charge in [-0.25, -0.2) is 0 Å². The molecule has 23 heavy (non-hydrogen) atoms. The SMILES string of the molecule is C=CCCC1Nc2ccc(C(F)(F)F)c(Cl)c2CNC1=O.CC. The molecule has 0 saturated carbocycles. The van der Waals surface area contributed by atoms with Crippen molar-refractivity contribution in [2.75, 3.05) is 5.32 Å². The molecule has 7 heteroatoms. The summed E-state index contributed by atoms with van der Waals surface area (Å²) >= 11 is 5.86. The number of fused-ring (bicyclic) bond motifs is 1. The highest BCUT2D eigenvalue weighted by atomic mass is 35.5. The maximum atomic E-state index is 12.8. The van der Waals surface area contributed by atoms with Crippen molar-refractivity contribution < 1.29 is 18.0 Å². The van der Waals surface area contributed by atoms with Crippen molar-refractivity contribution in [2.45, 2.75) is 45.5 Å². The van der Waals surface area contributed by atoms with Crippen molar-refractivity contribution in [3.8, 4) is 0 Å². The Bertz CT molecular complexity index is 573. The molecule has 0 bridgehead atoms. The third-order valence-electron chi connectivity index (χ3n) is 3.29. The van der Waals surface area contributed by atoms with E-state index in [4.69, 9.17) is 11.6 Å². The van der Waals surface area contributed by atoms with Crippen LogP contribution in [0, 0.1) is 0 Å². The standard InChI is InChI=1S/C14H14ClF3N2O.C2H6/c1-2-3-4-11-13(21)19-7-8-10(20-11)6-5-9(12(8)15)14(16,17)18;1-2/h2,5-6,11,20H,1,3-4,7H2,(H,19,21);1-2H3. The zero-order chi connectivity index (χ0) is 17.6. The topological polar surface area (TPSA) is 41.1 Å². The van der Waals surface area contributed by atoms with Crippen LogP contribution < -0.4 is 10.6 Å². The molecule has 2 rings (SSSR count). The molecule has 2 N–H and O–H groups in total. The summed E-state index contributed by atoms with van der Waals surface area (Å²) in [4.78, 5) is 11.9. The third-order valence-corrected chi connectivity index (χ3v) is 3.73. The molecule has 1 amide bonds. The molecule has 0 radical (unpaired) electrons. The van der Waals surface area contributed by atoms with E-state index in [1.807, 2.05) is 13.8 Å². The van der Waals surface area contributed by atoms with E-state index in [-0.39, 0.29) is 23.0 Å². The molecule has 0 saturated heterocycles. The van der Waals surface area contributed by atoms with Gasteiger partial charge in [-0.15, -0.1) is 6.58 Å². The molecule has 1 aliphatic rings. The van der Waals surface area contributed by atoms with Crippen molar-refractivity contribution >= 4 is 23.2 Å². The van der Waals surface area contributed by atoms with Crippen molar-refractivity contribution in [2.24, 2.45) is 0 Å². The first-order valence-corrected chi connectivity index (χ1v) is 7.76. The summed E-state index contributed by atoms with van der Waals surface area (Å²) in [7, 11) is 0. The van der Waals surface area contributed by atoms with Gasteiger partial charge in [-0.1, -0.05) is 31.5 Å². The fourth-order valence-corrected chi connectivity index (χ4v) is 2.53. The molecular formula is C16H20ClF3N2O. The summed E-state index contributed by atoms with van der Waals surface area (Å²) in [6, 6.07) is 1.72. The summed E-state index contributed by atoms with van der Waals surface area (Å²) in [6.07, 6.45) is -1.71. The Morgan fingerprint density at radius 1 is 1.39 bits per heavy atom. The van der Waals surface area contributed by atoms with Gasteiger partial charge in [0.1, 0.15) is 6.04 Å². The Balaban J connectivity index is 0.00000127. The van der Waals surface area contributed by atoms with Gasteiger partial charge < -0.3 is 10.6 Å². The van der Waals surface area contributed by atoms with Crippen LogP contribution in [-0.2, 0) is 17.5 Å². The number of rotatable bonds is 3. The Morgan fingerprint density at radius 2 is 2.04 bits per heavy atom. The Kier molecular flexibility index (Phi) is 6.94. The van der Waals surface area contributed by atoms with Crippen molar-refractivity contribution in [3.05, 3.63) is 40.9 Å². The highest BCUT2D eigenvalue weighted by Crippen LogP contribution is 2.39. The van der Waals surface area contributed by atoms with Gasteiger partial charge in [0.25, 0.3) is 0 Å². The van der Waals surface area contributed by atoms with Gasteiger partial charge in [0, 0.05) is 17.8 Å². The van der Waals surface area contributed by atoms with Crippen LogP contribution in [0.25, 0.3) is 0 Å². The third kappa shape index (κ3) is 4.64. The molecule has 0 aliphatic carbocycles. The molecular weight excluding hydrogens is 329 g/mol. The minimum absolute atomic E-state index is 0.0332. The second-order valence-corrected chi connectivity index (χ2v) is 5.11. The smallest absolute Gasteiger partial charge is 0.373 e. The summed E-state index contributed by atoms with van der Waals surface area (Å²) < 4.78 is 38.5. The van der Waals surface area contributed by atoms with E-state index in [1.54, 1.807) is 6.08 Å². The van der Waals surface area contributed by atoms with E-state index < -0.39 is 17.8 Å². The first-order valence-electron chi connectivity index (χ1n) is 7.38. The number of benzene rings is 1. The van der Waals surface area contributed by atoms with Crippen LogP contribution in [0.1, 0.15) is 37.8 Å². The average Bonchev–Trinajstić information content (AvgIpc) is 2.66. The predicted octanol–water partition coefficient (Wildman–Crippen LogP) is 4.76. The number of hydrogen-bond donors (Lipinski definition) is 2. The van der Waals surface area contributed by atoms with Crippen LogP contribution in [0.2, 0.25) is 5.02 Å². The monoisotopic (exact) mass is 348 g/mol. The summed E-state index contributed by atoms with van der Waals surface area (Å²) in [5.74, 6) is -0.266. The molecule has 1 aliphatic heterocycles. The van der Waals surface area contributed by atoms with Crippen LogP contribution in [0.15, 0.2) is 24.8 Å².